The van der Waals surface area contributed by atoms with Gasteiger partial charge in [-0.25, -0.2) is 0 Å². The monoisotopic (exact) mass is 204 g/mol. The average molecular weight is 204 g/mol. The van der Waals surface area contributed by atoms with Gasteiger partial charge in [-0.15, -0.1) is 0 Å². The van der Waals surface area contributed by atoms with Crippen LogP contribution < -0.4 is 4.74 Å². The highest BCUT2D eigenvalue weighted by Gasteiger charge is 2.19. The molecule has 0 N–H and O–H groups in total. The Balaban J connectivity index is 1.96. The van der Waals surface area contributed by atoms with Gasteiger partial charge in [-0.3, -0.25) is 0 Å². The molecule has 0 aliphatic carbocycles. The van der Waals surface area contributed by atoms with Crippen LogP contribution in [0.4, 0.5) is 0 Å². The van der Waals surface area contributed by atoms with Crippen LogP contribution in [0.25, 0.3) is 0 Å². The zero-order valence-electron chi connectivity index (χ0n) is 9.03. The Morgan fingerprint density at radius 2 is 2.27 bits per heavy atom. The topological polar surface area (TPSA) is 26.3 Å². The van der Waals surface area contributed by atoms with Gasteiger partial charge in [0, 0.05) is 6.42 Å². The van der Waals surface area contributed by atoms with E-state index in [0.29, 0.717) is 12.3 Å². The molecule has 2 heteroatoms. The molecule has 0 radical (unpaired) electrons. The lowest BCUT2D eigenvalue weighted by Crippen LogP contribution is -2.21. The number of ketones is 1. The SMILES string of the molecule is CC(=O)CCC1COc2ccccc2C1. The molecule has 0 amide bonds. The third-order valence-electron chi connectivity index (χ3n) is 2.86. The summed E-state index contributed by atoms with van der Waals surface area (Å²) in [6.07, 6.45) is 2.67. The first-order chi connectivity index (χ1) is 7.25. The van der Waals surface area contributed by atoms with E-state index in [1.165, 1.54) is 5.56 Å². The Kier molecular flexibility index (Phi) is 3.05. The molecule has 2 nitrogen and oxygen atoms in total. The summed E-state index contributed by atoms with van der Waals surface area (Å²) >= 11 is 0. The van der Waals surface area contributed by atoms with Gasteiger partial charge in [-0.2, -0.15) is 0 Å². The van der Waals surface area contributed by atoms with Crippen molar-refractivity contribution in [1.29, 1.82) is 0 Å². The number of benzene rings is 1. The van der Waals surface area contributed by atoms with Crippen molar-refractivity contribution in [2.24, 2.45) is 5.92 Å². The van der Waals surface area contributed by atoms with E-state index in [0.717, 1.165) is 25.2 Å². The fraction of sp³-hybridized carbons (Fsp3) is 0.462. The van der Waals surface area contributed by atoms with Crippen molar-refractivity contribution in [3.05, 3.63) is 29.8 Å². The Morgan fingerprint density at radius 3 is 3.07 bits per heavy atom. The maximum Gasteiger partial charge on any atom is 0.129 e. The molecule has 15 heavy (non-hydrogen) atoms. The summed E-state index contributed by atoms with van der Waals surface area (Å²) < 4.78 is 5.66. The van der Waals surface area contributed by atoms with E-state index in [9.17, 15) is 4.79 Å². The number of carbonyl (C=O) groups excluding carboxylic acids is 1. The van der Waals surface area contributed by atoms with Crippen LogP contribution in [-0.2, 0) is 11.2 Å². The Labute approximate surface area is 90.3 Å². The van der Waals surface area contributed by atoms with Gasteiger partial charge in [-0.05, 0) is 37.3 Å². The molecular formula is C13H16O2. The Morgan fingerprint density at radius 1 is 1.47 bits per heavy atom. The molecule has 1 unspecified atom stereocenters. The maximum absolute atomic E-state index is 10.9. The van der Waals surface area contributed by atoms with E-state index in [1.54, 1.807) is 6.92 Å². The molecule has 0 saturated heterocycles. The normalized spacial score (nSPS) is 19.1. The number of Topliss-reactive ketones (excluding diaryl/α,β-unsaturated/α-hetero) is 1. The van der Waals surface area contributed by atoms with E-state index in [-0.39, 0.29) is 5.78 Å². The largest absolute Gasteiger partial charge is 0.493 e. The fourth-order valence-corrected chi connectivity index (χ4v) is 1.98. The van der Waals surface area contributed by atoms with E-state index in [2.05, 4.69) is 6.07 Å². The summed E-state index contributed by atoms with van der Waals surface area (Å²) in [6, 6.07) is 8.15. The quantitative estimate of drug-likeness (QED) is 0.756. The standard InChI is InChI=1S/C13H16O2/c1-10(14)6-7-11-8-12-4-2-3-5-13(12)15-9-11/h2-5,11H,6-9H2,1H3. The van der Waals surface area contributed by atoms with Gasteiger partial charge in [0.1, 0.15) is 11.5 Å². The predicted octanol–water partition coefficient (Wildman–Crippen LogP) is 2.61. The highest BCUT2D eigenvalue weighted by atomic mass is 16.5. The number of rotatable bonds is 3. The zero-order valence-corrected chi connectivity index (χ0v) is 9.03. The molecule has 0 aromatic heterocycles. The highest BCUT2D eigenvalue weighted by molar-refractivity contribution is 5.75. The number of para-hydroxylation sites is 1. The lowest BCUT2D eigenvalue weighted by atomic mass is 9.92. The minimum Gasteiger partial charge on any atom is -0.493 e. The first-order valence-corrected chi connectivity index (χ1v) is 5.46. The predicted molar refractivity (Wildman–Crippen MR) is 59.0 cm³/mol. The molecule has 1 aromatic rings. The lowest BCUT2D eigenvalue weighted by molar-refractivity contribution is -0.117. The van der Waals surface area contributed by atoms with Crippen LogP contribution in [0.15, 0.2) is 24.3 Å². The minimum absolute atomic E-state index is 0.272. The molecule has 2 rings (SSSR count). The Bertz CT molecular complexity index is 357. The first-order valence-electron chi connectivity index (χ1n) is 5.46. The molecule has 1 aliphatic rings. The summed E-state index contributed by atoms with van der Waals surface area (Å²) in [5, 5.41) is 0. The summed E-state index contributed by atoms with van der Waals surface area (Å²) in [5.41, 5.74) is 1.28. The molecule has 0 saturated carbocycles. The minimum atomic E-state index is 0.272. The van der Waals surface area contributed by atoms with E-state index in [1.807, 2.05) is 18.2 Å². The molecular weight excluding hydrogens is 188 g/mol. The Hall–Kier alpha value is -1.31. The molecule has 1 aliphatic heterocycles. The summed E-state index contributed by atoms with van der Waals surface area (Å²) in [6.45, 7) is 2.40. The first kappa shape index (κ1) is 10.2. The van der Waals surface area contributed by atoms with Gasteiger partial charge in [0.2, 0.25) is 0 Å². The van der Waals surface area contributed by atoms with Gasteiger partial charge < -0.3 is 9.53 Å². The smallest absolute Gasteiger partial charge is 0.129 e. The van der Waals surface area contributed by atoms with E-state index in [4.69, 9.17) is 4.74 Å². The molecule has 1 heterocycles. The van der Waals surface area contributed by atoms with Gasteiger partial charge in [-0.1, -0.05) is 18.2 Å². The van der Waals surface area contributed by atoms with Crippen molar-refractivity contribution < 1.29 is 9.53 Å². The molecule has 1 aromatic carbocycles. The van der Waals surface area contributed by atoms with Crippen molar-refractivity contribution in [2.45, 2.75) is 26.2 Å². The zero-order chi connectivity index (χ0) is 10.7. The molecule has 0 bridgehead atoms. The second kappa shape index (κ2) is 4.47. The highest BCUT2D eigenvalue weighted by Crippen LogP contribution is 2.28. The molecule has 0 fully saturated rings. The average Bonchev–Trinajstić information content (AvgIpc) is 2.26. The van der Waals surface area contributed by atoms with Crippen molar-refractivity contribution in [1.82, 2.24) is 0 Å². The summed E-state index contributed by atoms with van der Waals surface area (Å²) in [5.74, 6) is 1.79. The van der Waals surface area contributed by atoms with Gasteiger partial charge in [0.15, 0.2) is 0 Å². The second-order valence-corrected chi connectivity index (χ2v) is 4.23. The van der Waals surface area contributed by atoms with Crippen LogP contribution in [0.1, 0.15) is 25.3 Å². The number of hydrogen-bond acceptors (Lipinski definition) is 2. The third-order valence-corrected chi connectivity index (χ3v) is 2.86. The molecule has 0 spiro atoms. The number of ether oxygens (including phenoxy) is 1. The van der Waals surface area contributed by atoms with Gasteiger partial charge >= 0.3 is 0 Å². The number of hydrogen-bond donors (Lipinski definition) is 0. The van der Waals surface area contributed by atoms with Gasteiger partial charge in [0.05, 0.1) is 6.61 Å². The maximum atomic E-state index is 10.9. The van der Waals surface area contributed by atoms with Gasteiger partial charge in [0.25, 0.3) is 0 Å². The van der Waals surface area contributed by atoms with Crippen molar-refractivity contribution in [3.8, 4) is 5.75 Å². The van der Waals surface area contributed by atoms with Crippen LogP contribution in [0.5, 0.6) is 5.75 Å². The van der Waals surface area contributed by atoms with Crippen LogP contribution in [0.2, 0.25) is 0 Å². The van der Waals surface area contributed by atoms with Crippen LogP contribution >= 0.6 is 0 Å². The molecule has 1 atom stereocenters. The van der Waals surface area contributed by atoms with E-state index < -0.39 is 0 Å². The lowest BCUT2D eigenvalue weighted by Gasteiger charge is -2.24. The number of fused-ring (bicyclic) bond motifs is 1. The van der Waals surface area contributed by atoms with Crippen molar-refractivity contribution in [2.75, 3.05) is 6.61 Å². The fourth-order valence-electron chi connectivity index (χ4n) is 1.98. The van der Waals surface area contributed by atoms with Crippen molar-refractivity contribution >= 4 is 5.78 Å². The third kappa shape index (κ3) is 2.58. The summed E-state index contributed by atoms with van der Waals surface area (Å²) in [7, 11) is 0. The summed E-state index contributed by atoms with van der Waals surface area (Å²) in [4.78, 5) is 10.9. The van der Waals surface area contributed by atoms with E-state index >= 15 is 0 Å². The second-order valence-electron chi connectivity index (χ2n) is 4.23. The van der Waals surface area contributed by atoms with Crippen LogP contribution in [-0.4, -0.2) is 12.4 Å². The van der Waals surface area contributed by atoms with Crippen LogP contribution in [0.3, 0.4) is 0 Å². The van der Waals surface area contributed by atoms with Crippen molar-refractivity contribution in [3.63, 3.8) is 0 Å². The number of carbonyl (C=O) groups is 1. The molecule has 80 valence electrons. The van der Waals surface area contributed by atoms with Crippen LogP contribution in [0, 0.1) is 5.92 Å².